The highest BCUT2D eigenvalue weighted by Gasteiger charge is 2.27. The molecule has 1 rings (SSSR count). The molecule has 0 aliphatic rings. The molecule has 0 spiro atoms. The Hall–Kier alpha value is -0.220. The maximum Gasteiger partial charge on any atom is 0.389 e. The first-order chi connectivity index (χ1) is 8.59. The monoisotopic (exact) mass is 427 g/mol. The zero-order valence-electron chi connectivity index (χ0n) is 9.47. The van der Waals surface area contributed by atoms with Crippen molar-refractivity contribution in [2.75, 3.05) is 10.5 Å². The Labute approximate surface area is 127 Å². The fourth-order valence-electron chi connectivity index (χ4n) is 1.25. The maximum atomic E-state index is 11.9. The Kier molecular flexibility index (Phi) is 5.75. The van der Waals surface area contributed by atoms with Crippen LogP contribution >= 0.6 is 34.2 Å². The molecule has 0 saturated heterocycles. The van der Waals surface area contributed by atoms with Crippen LogP contribution in [0.5, 0.6) is 0 Å². The third-order valence-corrected chi connectivity index (χ3v) is 4.41. The highest BCUT2D eigenvalue weighted by atomic mass is 127. The zero-order valence-corrected chi connectivity index (χ0v) is 13.2. The van der Waals surface area contributed by atoms with Crippen LogP contribution in [0.3, 0.4) is 0 Å². The minimum Gasteiger partial charge on any atom is -0.282 e. The summed E-state index contributed by atoms with van der Waals surface area (Å²) in [6, 6.07) is 4.65. The van der Waals surface area contributed by atoms with Gasteiger partial charge in [-0.2, -0.15) is 13.2 Å². The number of sulfonamides is 1. The van der Waals surface area contributed by atoms with E-state index in [9.17, 15) is 21.6 Å². The van der Waals surface area contributed by atoms with Crippen molar-refractivity contribution < 1.29 is 21.6 Å². The Balaban J connectivity index is 2.64. The highest BCUT2D eigenvalue weighted by molar-refractivity contribution is 14.1. The van der Waals surface area contributed by atoms with Crippen molar-refractivity contribution in [1.29, 1.82) is 0 Å². The van der Waals surface area contributed by atoms with Gasteiger partial charge in [-0.15, -0.1) is 0 Å². The van der Waals surface area contributed by atoms with Crippen molar-refractivity contribution in [3.63, 3.8) is 0 Å². The molecule has 1 N–H and O–H groups in total. The van der Waals surface area contributed by atoms with Crippen LogP contribution in [0.4, 0.5) is 18.9 Å². The minimum atomic E-state index is -4.35. The lowest BCUT2D eigenvalue weighted by Gasteiger charge is -2.10. The molecule has 1 aromatic rings. The number of anilines is 1. The van der Waals surface area contributed by atoms with Gasteiger partial charge in [0.1, 0.15) is 0 Å². The topological polar surface area (TPSA) is 46.2 Å². The van der Waals surface area contributed by atoms with Crippen molar-refractivity contribution in [2.24, 2.45) is 0 Å². The molecule has 0 radical (unpaired) electrons. The largest absolute Gasteiger partial charge is 0.389 e. The normalized spacial score (nSPS) is 12.5. The highest BCUT2D eigenvalue weighted by Crippen LogP contribution is 2.26. The van der Waals surface area contributed by atoms with Gasteiger partial charge < -0.3 is 0 Å². The molecule has 0 aliphatic heterocycles. The summed E-state index contributed by atoms with van der Waals surface area (Å²) in [5.74, 6) is -0.602. The van der Waals surface area contributed by atoms with Crippen molar-refractivity contribution in [1.82, 2.24) is 0 Å². The number of hydrogen-bond donors (Lipinski definition) is 1. The molecule has 0 aliphatic carbocycles. The van der Waals surface area contributed by atoms with Crippen LogP contribution in [0.25, 0.3) is 0 Å². The standard InChI is InChI=1S/C10H10ClF3INO2S/c11-8-6-7(15)2-3-9(8)16-19(17,18)5-1-4-10(12,13)14/h2-3,6,16H,1,4-5H2. The molecule has 0 heterocycles. The van der Waals surface area contributed by atoms with E-state index in [1.165, 1.54) is 6.07 Å². The van der Waals surface area contributed by atoms with E-state index >= 15 is 0 Å². The van der Waals surface area contributed by atoms with E-state index in [1.807, 2.05) is 22.6 Å². The molecule has 0 bridgehead atoms. The van der Waals surface area contributed by atoms with Crippen LogP contribution in [-0.4, -0.2) is 20.3 Å². The second-order valence-corrected chi connectivity index (χ2v) is 7.26. The number of alkyl halides is 3. The van der Waals surface area contributed by atoms with E-state index in [0.717, 1.165) is 3.57 Å². The van der Waals surface area contributed by atoms with Gasteiger partial charge >= 0.3 is 6.18 Å². The van der Waals surface area contributed by atoms with E-state index < -0.39 is 34.8 Å². The lowest BCUT2D eigenvalue weighted by molar-refractivity contribution is -0.134. The maximum absolute atomic E-state index is 11.9. The first kappa shape index (κ1) is 16.8. The fourth-order valence-corrected chi connectivity index (χ4v) is 3.35. The van der Waals surface area contributed by atoms with Crippen LogP contribution in [0.2, 0.25) is 5.02 Å². The van der Waals surface area contributed by atoms with Gasteiger partial charge in [0.25, 0.3) is 0 Å². The van der Waals surface area contributed by atoms with Crippen LogP contribution in [0.1, 0.15) is 12.8 Å². The van der Waals surface area contributed by atoms with E-state index in [-0.39, 0.29) is 10.7 Å². The third-order valence-electron chi connectivity index (χ3n) is 2.07. The lowest BCUT2D eigenvalue weighted by Crippen LogP contribution is -2.19. The minimum absolute atomic E-state index is 0.161. The van der Waals surface area contributed by atoms with Gasteiger partial charge in [-0.3, -0.25) is 4.72 Å². The fraction of sp³-hybridized carbons (Fsp3) is 0.400. The van der Waals surface area contributed by atoms with Crippen molar-refractivity contribution in [3.8, 4) is 0 Å². The number of nitrogens with one attached hydrogen (secondary N) is 1. The Morgan fingerprint density at radius 1 is 1.32 bits per heavy atom. The molecule has 0 atom stereocenters. The summed E-state index contributed by atoms with van der Waals surface area (Å²) in [4.78, 5) is 0. The summed E-state index contributed by atoms with van der Waals surface area (Å²) in [6.07, 6.45) is -5.97. The molecule has 19 heavy (non-hydrogen) atoms. The molecule has 108 valence electrons. The van der Waals surface area contributed by atoms with Crippen molar-refractivity contribution in [3.05, 3.63) is 26.8 Å². The first-order valence-electron chi connectivity index (χ1n) is 5.11. The van der Waals surface area contributed by atoms with Gasteiger partial charge in [-0.25, -0.2) is 8.42 Å². The van der Waals surface area contributed by atoms with Crippen LogP contribution < -0.4 is 4.72 Å². The van der Waals surface area contributed by atoms with Crippen LogP contribution in [0, 0.1) is 3.57 Å². The van der Waals surface area contributed by atoms with E-state index in [4.69, 9.17) is 11.6 Å². The summed E-state index contributed by atoms with van der Waals surface area (Å²) in [6.45, 7) is 0. The predicted octanol–water partition coefficient (Wildman–Crippen LogP) is 4.03. The first-order valence-corrected chi connectivity index (χ1v) is 8.22. The van der Waals surface area contributed by atoms with Gasteiger partial charge in [0, 0.05) is 9.99 Å². The Bertz CT molecular complexity index is 548. The second kappa shape index (κ2) is 6.49. The molecular formula is C10H10ClF3INO2S. The zero-order chi connectivity index (χ0) is 14.7. The average molecular weight is 428 g/mol. The molecular weight excluding hydrogens is 418 g/mol. The van der Waals surface area contributed by atoms with Crippen molar-refractivity contribution in [2.45, 2.75) is 19.0 Å². The molecule has 9 heteroatoms. The van der Waals surface area contributed by atoms with E-state index in [0.29, 0.717) is 0 Å². The van der Waals surface area contributed by atoms with Crippen LogP contribution in [0.15, 0.2) is 18.2 Å². The molecule has 0 amide bonds. The summed E-state index contributed by atoms with van der Waals surface area (Å²) in [5.41, 5.74) is 0.161. The molecule has 0 fully saturated rings. The number of benzene rings is 1. The molecule has 1 aromatic carbocycles. The molecule has 0 unspecified atom stereocenters. The Morgan fingerprint density at radius 3 is 2.47 bits per heavy atom. The molecule has 0 saturated carbocycles. The SMILES string of the molecule is O=S(=O)(CCCC(F)(F)F)Nc1ccc(I)cc1Cl. The smallest absolute Gasteiger partial charge is 0.282 e. The third kappa shape index (κ3) is 6.66. The van der Waals surface area contributed by atoms with Gasteiger partial charge in [0.15, 0.2) is 0 Å². The molecule has 0 aromatic heterocycles. The quantitative estimate of drug-likeness (QED) is 0.721. The Morgan fingerprint density at radius 2 is 1.95 bits per heavy atom. The summed E-state index contributed by atoms with van der Waals surface area (Å²) < 4.78 is 61.9. The number of halogens is 5. The van der Waals surface area contributed by atoms with E-state index in [2.05, 4.69) is 4.72 Å². The lowest BCUT2D eigenvalue weighted by atomic mass is 10.3. The van der Waals surface area contributed by atoms with E-state index in [1.54, 1.807) is 12.1 Å². The van der Waals surface area contributed by atoms with Crippen molar-refractivity contribution >= 4 is 49.9 Å². The summed E-state index contributed by atoms with van der Waals surface area (Å²) in [5, 5.41) is 0.200. The summed E-state index contributed by atoms with van der Waals surface area (Å²) in [7, 11) is -3.83. The van der Waals surface area contributed by atoms with Gasteiger partial charge in [-0.05, 0) is 47.2 Å². The van der Waals surface area contributed by atoms with Gasteiger partial charge in [0.2, 0.25) is 10.0 Å². The summed E-state index contributed by atoms with van der Waals surface area (Å²) >= 11 is 7.83. The second-order valence-electron chi connectivity index (χ2n) is 3.76. The predicted molar refractivity (Wildman–Crippen MR) is 76.9 cm³/mol. The molecule has 3 nitrogen and oxygen atoms in total. The van der Waals surface area contributed by atoms with Gasteiger partial charge in [0.05, 0.1) is 16.5 Å². The number of hydrogen-bond acceptors (Lipinski definition) is 2. The van der Waals surface area contributed by atoms with Gasteiger partial charge in [-0.1, -0.05) is 11.6 Å². The average Bonchev–Trinajstić information content (AvgIpc) is 2.20. The van der Waals surface area contributed by atoms with Crippen LogP contribution in [-0.2, 0) is 10.0 Å². The number of rotatable bonds is 5.